The quantitative estimate of drug-likeness (QED) is 0.550. The van der Waals surface area contributed by atoms with Gasteiger partial charge in [-0.1, -0.05) is 6.42 Å². The van der Waals surface area contributed by atoms with Gasteiger partial charge in [-0.25, -0.2) is 4.72 Å². The highest BCUT2D eigenvalue weighted by molar-refractivity contribution is 7.87. The number of hydrogen-bond donors (Lipinski definition) is 1. The maximum atomic E-state index is 11.7. The lowest BCUT2D eigenvalue weighted by molar-refractivity contribution is 0.463. The van der Waals surface area contributed by atoms with E-state index < -0.39 is 10.2 Å². The number of alkyl halides is 1. The average Bonchev–Trinajstić information content (AvgIpc) is 2.70. The van der Waals surface area contributed by atoms with Gasteiger partial charge in [0, 0.05) is 25.5 Å². The van der Waals surface area contributed by atoms with Crippen molar-refractivity contribution in [2.45, 2.75) is 32.1 Å². The molecular weight excluding hydrogens is 236 g/mol. The first-order valence-electron chi connectivity index (χ1n) is 5.47. The maximum absolute atomic E-state index is 11.7. The van der Waals surface area contributed by atoms with Crippen molar-refractivity contribution < 1.29 is 8.42 Å². The highest BCUT2D eigenvalue weighted by atomic mass is 35.5. The molecule has 1 aliphatic heterocycles. The van der Waals surface area contributed by atoms with Crippen LogP contribution in [0.15, 0.2) is 0 Å². The molecule has 1 rings (SSSR count). The maximum Gasteiger partial charge on any atom is 0.279 e. The molecule has 0 bridgehead atoms. The van der Waals surface area contributed by atoms with Crippen molar-refractivity contribution in [1.29, 1.82) is 0 Å². The second-order valence-corrected chi connectivity index (χ2v) is 5.89. The van der Waals surface area contributed by atoms with E-state index in [0.717, 1.165) is 32.1 Å². The Morgan fingerprint density at radius 3 is 2.40 bits per heavy atom. The van der Waals surface area contributed by atoms with E-state index in [9.17, 15) is 8.42 Å². The van der Waals surface area contributed by atoms with Crippen LogP contribution < -0.4 is 4.72 Å². The third kappa shape index (κ3) is 4.68. The van der Waals surface area contributed by atoms with E-state index in [1.807, 2.05) is 0 Å². The Kier molecular flexibility index (Phi) is 5.89. The molecule has 0 aromatic rings. The Morgan fingerprint density at radius 2 is 1.80 bits per heavy atom. The summed E-state index contributed by atoms with van der Waals surface area (Å²) in [4.78, 5) is 0. The fraction of sp³-hybridized carbons (Fsp3) is 1.00. The smallest absolute Gasteiger partial charge is 0.202 e. The van der Waals surface area contributed by atoms with Crippen LogP contribution >= 0.6 is 11.6 Å². The molecule has 15 heavy (non-hydrogen) atoms. The second-order valence-electron chi connectivity index (χ2n) is 3.76. The summed E-state index contributed by atoms with van der Waals surface area (Å²) in [5.41, 5.74) is 0. The van der Waals surface area contributed by atoms with Gasteiger partial charge in [0.2, 0.25) is 0 Å². The normalized spacial score (nSPS) is 18.5. The van der Waals surface area contributed by atoms with Crippen molar-refractivity contribution in [3.8, 4) is 0 Å². The zero-order valence-corrected chi connectivity index (χ0v) is 10.5. The fourth-order valence-electron chi connectivity index (χ4n) is 1.62. The molecule has 0 spiro atoms. The van der Waals surface area contributed by atoms with E-state index in [1.54, 1.807) is 0 Å². The highest BCUT2D eigenvalue weighted by Crippen LogP contribution is 2.11. The second kappa shape index (κ2) is 6.68. The summed E-state index contributed by atoms with van der Waals surface area (Å²) in [5.74, 6) is 0.652. The molecule has 0 unspecified atom stereocenters. The highest BCUT2D eigenvalue weighted by Gasteiger charge is 2.24. The van der Waals surface area contributed by atoms with Gasteiger partial charge < -0.3 is 0 Å². The number of unbranched alkanes of at least 4 members (excludes halogenated alkanes) is 2. The minimum atomic E-state index is -3.20. The molecular formula is C9H19ClN2O2S. The SMILES string of the molecule is O=S(=O)(NCCCCCCl)N1CCCC1. The first-order valence-corrected chi connectivity index (χ1v) is 7.45. The Labute approximate surface area is 97.2 Å². The Balaban J connectivity index is 2.18. The Bertz CT molecular complexity index is 263. The molecule has 1 heterocycles. The lowest BCUT2D eigenvalue weighted by Crippen LogP contribution is -2.39. The summed E-state index contributed by atoms with van der Waals surface area (Å²) in [6.07, 6.45) is 4.75. The van der Waals surface area contributed by atoms with Gasteiger partial charge in [-0.15, -0.1) is 11.6 Å². The largest absolute Gasteiger partial charge is 0.279 e. The third-order valence-electron chi connectivity index (χ3n) is 2.50. The van der Waals surface area contributed by atoms with Crippen molar-refractivity contribution in [3.05, 3.63) is 0 Å². The van der Waals surface area contributed by atoms with Gasteiger partial charge in [0.15, 0.2) is 0 Å². The van der Waals surface area contributed by atoms with Gasteiger partial charge >= 0.3 is 0 Å². The first-order chi connectivity index (χ1) is 7.17. The van der Waals surface area contributed by atoms with Crippen molar-refractivity contribution in [2.75, 3.05) is 25.5 Å². The minimum Gasteiger partial charge on any atom is -0.202 e. The van der Waals surface area contributed by atoms with Crippen LogP contribution in [0.1, 0.15) is 32.1 Å². The summed E-state index contributed by atoms with van der Waals surface area (Å²) in [7, 11) is -3.20. The van der Waals surface area contributed by atoms with Crippen LogP contribution in [0.2, 0.25) is 0 Å². The first kappa shape index (κ1) is 13.2. The molecule has 90 valence electrons. The summed E-state index contributed by atoms with van der Waals surface area (Å²) in [6, 6.07) is 0. The van der Waals surface area contributed by atoms with Crippen molar-refractivity contribution in [3.63, 3.8) is 0 Å². The van der Waals surface area contributed by atoms with Gasteiger partial charge in [0.25, 0.3) is 10.2 Å². The Morgan fingerprint density at radius 1 is 1.13 bits per heavy atom. The van der Waals surface area contributed by atoms with Crippen LogP contribution in [0.4, 0.5) is 0 Å². The number of halogens is 1. The average molecular weight is 255 g/mol. The van der Waals surface area contributed by atoms with E-state index >= 15 is 0 Å². The van der Waals surface area contributed by atoms with E-state index in [-0.39, 0.29) is 0 Å². The fourth-order valence-corrected chi connectivity index (χ4v) is 3.13. The van der Waals surface area contributed by atoms with Crippen LogP contribution in [0.3, 0.4) is 0 Å². The number of nitrogens with one attached hydrogen (secondary N) is 1. The molecule has 1 fully saturated rings. The zero-order valence-electron chi connectivity index (χ0n) is 8.91. The molecule has 0 aromatic carbocycles. The molecule has 0 saturated carbocycles. The predicted molar refractivity (Wildman–Crippen MR) is 62.3 cm³/mol. The summed E-state index contributed by atoms with van der Waals surface area (Å²) in [5, 5.41) is 0. The minimum absolute atomic E-state index is 0.524. The monoisotopic (exact) mass is 254 g/mol. The van der Waals surface area contributed by atoms with E-state index in [0.29, 0.717) is 25.5 Å². The summed E-state index contributed by atoms with van der Waals surface area (Å²) >= 11 is 5.53. The molecule has 0 radical (unpaired) electrons. The number of rotatable bonds is 7. The standard InChI is InChI=1S/C9H19ClN2O2S/c10-6-2-1-3-7-11-15(13,14)12-8-4-5-9-12/h11H,1-9H2. The molecule has 1 aliphatic rings. The van der Waals surface area contributed by atoms with Crippen LogP contribution in [0.25, 0.3) is 0 Å². The van der Waals surface area contributed by atoms with Gasteiger partial charge in [-0.2, -0.15) is 12.7 Å². The number of nitrogens with zero attached hydrogens (tertiary/aromatic N) is 1. The van der Waals surface area contributed by atoms with Crippen LogP contribution in [0.5, 0.6) is 0 Å². The molecule has 1 saturated heterocycles. The Hall–Kier alpha value is 0.160. The summed E-state index contributed by atoms with van der Waals surface area (Å²) in [6.45, 7) is 1.85. The predicted octanol–water partition coefficient (Wildman–Crippen LogP) is 1.33. The molecule has 6 heteroatoms. The van der Waals surface area contributed by atoms with E-state index in [2.05, 4.69) is 4.72 Å². The van der Waals surface area contributed by atoms with Gasteiger partial charge in [-0.05, 0) is 25.7 Å². The van der Waals surface area contributed by atoms with Crippen molar-refractivity contribution >= 4 is 21.8 Å². The molecule has 0 atom stereocenters. The molecule has 0 aliphatic carbocycles. The van der Waals surface area contributed by atoms with Crippen LogP contribution in [-0.4, -0.2) is 38.2 Å². The van der Waals surface area contributed by atoms with Gasteiger partial charge in [0.1, 0.15) is 0 Å². The van der Waals surface area contributed by atoms with E-state index in [4.69, 9.17) is 11.6 Å². The van der Waals surface area contributed by atoms with Gasteiger partial charge in [0.05, 0.1) is 0 Å². The lowest BCUT2D eigenvalue weighted by atomic mass is 10.2. The lowest BCUT2D eigenvalue weighted by Gasteiger charge is -2.15. The third-order valence-corrected chi connectivity index (χ3v) is 4.38. The molecule has 4 nitrogen and oxygen atoms in total. The molecule has 0 aromatic heterocycles. The van der Waals surface area contributed by atoms with Crippen LogP contribution in [-0.2, 0) is 10.2 Å². The van der Waals surface area contributed by atoms with Crippen molar-refractivity contribution in [1.82, 2.24) is 9.03 Å². The summed E-state index contributed by atoms with van der Waals surface area (Å²) < 4.78 is 27.4. The van der Waals surface area contributed by atoms with E-state index in [1.165, 1.54) is 4.31 Å². The zero-order chi connectivity index (χ0) is 11.1. The topological polar surface area (TPSA) is 49.4 Å². The molecule has 0 amide bonds. The number of hydrogen-bond acceptors (Lipinski definition) is 2. The van der Waals surface area contributed by atoms with Gasteiger partial charge in [-0.3, -0.25) is 0 Å². The molecule has 1 N–H and O–H groups in total. The van der Waals surface area contributed by atoms with Crippen LogP contribution in [0, 0.1) is 0 Å². The van der Waals surface area contributed by atoms with Crippen molar-refractivity contribution in [2.24, 2.45) is 0 Å².